The molecule has 2 aromatic carbocycles. The molecule has 0 heterocycles. The van der Waals surface area contributed by atoms with Crippen molar-refractivity contribution in [3.05, 3.63) is 67.9 Å². The summed E-state index contributed by atoms with van der Waals surface area (Å²) >= 11 is 9.21. The van der Waals surface area contributed by atoms with Crippen LogP contribution in [0.1, 0.15) is 147 Å². The van der Waals surface area contributed by atoms with Crippen molar-refractivity contribution in [3.63, 3.8) is 0 Å². The second-order valence-electron chi connectivity index (χ2n) is 18.5. The van der Waals surface area contributed by atoms with Gasteiger partial charge < -0.3 is 47.2 Å². The molecule has 8 atom stereocenters. The first-order valence-corrected chi connectivity index (χ1v) is 36.6. The topological polar surface area (TPSA) is 357 Å². The molecule has 0 radical (unpaired) electrons. The molecule has 0 aliphatic heterocycles. The quantitative estimate of drug-likeness (QED) is 0.0373. The summed E-state index contributed by atoms with van der Waals surface area (Å²) in [5.41, 5.74) is -14.9. The number of aliphatic hydroxyl groups is 2. The van der Waals surface area contributed by atoms with Crippen LogP contribution in [0.15, 0.2) is 58.3 Å². The van der Waals surface area contributed by atoms with Crippen LogP contribution < -0.4 is 47.5 Å². The molecule has 502 valence electrons. The van der Waals surface area contributed by atoms with Gasteiger partial charge in [-0.15, -0.1) is 0 Å². The molecule has 0 amide bonds. The second-order valence-corrected chi connectivity index (χ2v) is 33.5. The molecule has 0 aromatic heterocycles. The van der Waals surface area contributed by atoms with Gasteiger partial charge in [-0.3, -0.25) is 19.2 Å². The monoisotopic (exact) mass is 1450 g/mol. The number of carbonyl (C=O) groups excluding carboxylic acids is 4. The number of nitrogens with zero attached hydrogens (tertiary/aromatic N) is 2. The van der Waals surface area contributed by atoms with Gasteiger partial charge in [0.1, 0.15) is 52.3 Å². The van der Waals surface area contributed by atoms with Crippen molar-refractivity contribution in [2.24, 2.45) is 22.2 Å². The van der Waals surface area contributed by atoms with Crippen LogP contribution in [0, 0.1) is 22.2 Å². The van der Waals surface area contributed by atoms with Gasteiger partial charge in [-0.2, -0.15) is 26.3 Å². The molecular formula is C48H78F6Li2N2O20P2S8. The molecule has 40 heteroatoms. The van der Waals surface area contributed by atoms with E-state index in [9.17, 15) is 89.0 Å². The molecule has 88 heavy (non-hydrogen) atoms. The summed E-state index contributed by atoms with van der Waals surface area (Å²) in [5, 5.41) is 18.2. The van der Waals surface area contributed by atoms with Crippen molar-refractivity contribution >= 4 is 119 Å². The largest absolute Gasteiger partial charge is 1.00 e. The normalized spacial score (nSPS) is 14.9. The van der Waals surface area contributed by atoms with Crippen LogP contribution in [-0.4, -0.2) is 118 Å². The van der Waals surface area contributed by atoms with Gasteiger partial charge in [0.05, 0.1) is 35.4 Å². The van der Waals surface area contributed by atoms with Crippen LogP contribution in [-0.2, 0) is 120 Å². The molecule has 2 rings (SSSR count). The van der Waals surface area contributed by atoms with Crippen molar-refractivity contribution in [1.82, 2.24) is 0 Å². The first-order valence-electron chi connectivity index (χ1n) is 23.2. The number of halogens is 6. The number of aliphatic hydroxyl groups excluding tert-OH is 2. The van der Waals surface area contributed by atoms with E-state index < -0.39 is 159 Å². The maximum Gasteiger partial charge on any atom is 1.00 e. The minimum Gasteiger partial charge on any atom is -0.617 e. The molecular weight excluding hydrogens is 1370 g/mol. The van der Waals surface area contributed by atoms with Crippen molar-refractivity contribution in [2.75, 3.05) is 39.1 Å². The number of ether oxygens (including phenoxy) is 4. The molecule has 0 aliphatic carbocycles. The van der Waals surface area contributed by atoms with Crippen molar-refractivity contribution < 1.29 is 156 Å². The van der Waals surface area contributed by atoms with Crippen LogP contribution in [0.5, 0.6) is 0 Å². The maximum atomic E-state index is 13.1. The zero-order valence-electron chi connectivity index (χ0n) is 45.9. The van der Waals surface area contributed by atoms with Crippen LogP contribution in [0.25, 0.3) is 8.25 Å². The van der Waals surface area contributed by atoms with E-state index in [1.54, 1.807) is 34.6 Å². The van der Waals surface area contributed by atoms with Gasteiger partial charge in [-0.25, -0.2) is 33.7 Å². The van der Waals surface area contributed by atoms with Crippen LogP contribution in [0.3, 0.4) is 0 Å². The summed E-state index contributed by atoms with van der Waals surface area (Å²) in [6.07, 6.45) is -0.426. The summed E-state index contributed by atoms with van der Waals surface area (Å²) in [4.78, 5) is 73.2. The predicted octanol–water partition coefficient (Wildman–Crippen LogP) is 3.11. The predicted molar refractivity (Wildman–Crippen MR) is 323 cm³/mol. The van der Waals surface area contributed by atoms with E-state index in [0.717, 1.165) is 24.3 Å². The Morgan fingerprint density at radius 3 is 1.19 bits per heavy atom. The number of rotatable bonds is 30. The van der Waals surface area contributed by atoms with E-state index >= 15 is 0 Å². The zero-order chi connectivity index (χ0) is 62.8. The van der Waals surface area contributed by atoms with E-state index in [1.807, 2.05) is 8.25 Å². The van der Waals surface area contributed by atoms with Crippen LogP contribution in [0.2, 0.25) is 0 Å². The Morgan fingerprint density at radius 2 is 0.886 bits per heavy atom. The molecule has 0 spiro atoms. The van der Waals surface area contributed by atoms with Crippen molar-refractivity contribution in [2.45, 2.75) is 157 Å². The Balaban J connectivity index is -0.000000276. The zero-order valence-corrected chi connectivity index (χ0v) is 54.2. The van der Waals surface area contributed by atoms with E-state index in [0.29, 0.717) is 30.1 Å². The number of benzene rings is 2. The van der Waals surface area contributed by atoms with Gasteiger partial charge in [0, 0.05) is 32.2 Å². The third-order valence-corrected chi connectivity index (χ3v) is 23.7. The van der Waals surface area contributed by atoms with E-state index in [2.05, 4.69) is 22.4 Å². The van der Waals surface area contributed by atoms with Gasteiger partial charge in [-0.05, 0) is 107 Å². The number of sulfonamides is 4. The Hall–Kier alpha value is -1.87. The standard InChI is InChI=1S/C22H30F3NO10PS4.C21H28F3NO10PS4.5CH4.2Li/c1-5-20(3,18(28)36-14-37(30)39-38)13-21(4,19(29)35-11-10-27)12-15(2)16-6-8-17(9-7-16)40(31,32)26-41(33,34)22(23,24)25;1-4-15(18(27)35-13-36(29)38-37)12-20(3,19(28)34-10-9-26)11-14(2)16-5-7-17(8-6-16)39(30,31)25-40(32,33)21(22,23)24;;;;;;;/h6-9,15,27H,5,10-14H2,1-4H3;5-8,14-15,26H,4,9-13H2,1-3H3;5*1H4;;/q2*-1;;;;;;2*+1. The average Bonchev–Trinajstić information content (AvgIpc) is 3.38. The molecule has 0 saturated heterocycles. The molecule has 0 bridgehead atoms. The summed E-state index contributed by atoms with van der Waals surface area (Å²) in [7, 11) is -21.8. The van der Waals surface area contributed by atoms with Gasteiger partial charge in [-0.1, -0.05) is 89.1 Å². The van der Waals surface area contributed by atoms with Crippen LogP contribution >= 0.6 is 13.8 Å². The minimum absolute atomic E-state index is 0. The Bertz CT molecular complexity index is 3110. The summed E-state index contributed by atoms with van der Waals surface area (Å²) < 4.78 is 193. The number of carbonyl (C=O) groups is 4. The van der Waals surface area contributed by atoms with E-state index in [4.69, 9.17) is 29.2 Å². The number of alkyl halides is 6. The average molecular weight is 1450 g/mol. The molecule has 2 N–H and O–H groups in total. The number of hydrogen-bond donors (Lipinski definition) is 2. The van der Waals surface area contributed by atoms with E-state index in [1.165, 1.54) is 38.1 Å². The Labute approximate surface area is 556 Å². The molecule has 8 unspecified atom stereocenters. The molecule has 2 aromatic rings. The number of esters is 4. The summed E-state index contributed by atoms with van der Waals surface area (Å²) in [6, 6.07) is 8.41. The molecule has 0 aliphatic rings. The second kappa shape index (κ2) is 42.5. The van der Waals surface area contributed by atoms with Crippen LogP contribution in [0.4, 0.5) is 26.3 Å². The van der Waals surface area contributed by atoms with E-state index in [-0.39, 0.29) is 127 Å². The molecule has 22 nitrogen and oxygen atoms in total. The first-order chi connectivity index (χ1) is 37.0. The Morgan fingerprint density at radius 1 is 0.568 bits per heavy atom. The summed E-state index contributed by atoms with van der Waals surface area (Å²) in [6.45, 7) is 5.78. The third kappa shape index (κ3) is 30.5. The fourth-order valence-electron chi connectivity index (χ4n) is 7.76. The van der Waals surface area contributed by atoms with Gasteiger partial charge in [0.15, 0.2) is 33.9 Å². The first kappa shape index (κ1) is 99.7. The maximum absolute atomic E-state index is 13.1. The van der Waals surface area contributed by atoms with Gasteiger partial charge >= 0.3 is 72.6 Å². The van der Waals surface area contributed by atoms with Gasteiger partial charge in [0.25, 0.3) is 12.7 Å². The molecule has 0 saturated carbocycles. The molecule has 0 fully saturated rings. The van der Waals surface area contributed by atoms with Crippen molar-refractivity contribution in [1.29, 1.82) is 0 Å². The smallest absolute Gasteiger partial charge is 0.617 e. The minimum atomic E-state index is -6.30. The fourth-order valence-corrected chi connectivity index (χ4v) is 14.0. The summed E-state index contributed by atoms with van der Waals surface area (Å²) in [5.74, 6) is -4.74. The van der Waals surface area contributed by atoms with Crippen molar-refractivity contribution in [3.8, 4) is 0 Å². The SMILES string of the molecule is C.C.C.C.C.CCC(C)(CC(C)(CC(C)c1ccc(S(=O)(=O)[N-]S(=O)(=O)C(F)(F)F)cc1)C(=O)OCCO)C(=O)OC[P+]([O-])=S=S.CCC(CC(C)(CC(C)c1ccc(S(=O)(=O)[N-]S(=O)(=O)C(F)(F)F)cc1)C(=O)OCCO)C(=O)OC[P+]([O-])=S=S.[Li+].[Li+]. The Kier molecular flexibility index (Phi) is 48.1. The third-order valence-electron chi connectivity index (χ3n) is 12.0. The number of hydrogen-bond acceptors (Lipinski definition) is 22. The van der Waals surface area contributed by atoms with Gasteiger partial charge in [0.2, 0.25) is 0 Å². The fraction of sp³-hybridized carbons (Fsp3) is 0.667.